The van der Waals surface area contributed by atoms with Gasteiger partial charge in [0.05, 0.1) is 6.54 Å². The van der Waals surface area contributed by atoms with Gasteiger partial charge in [-0.1, -0.05) is 0 Å². The number of rotatable bonds is 5. The van der Waals surface area contributed by atoms with Crippen molar-refractivity contribution < 1.29 is 4.79 Å². The number of carbonyl (C=O) groups is 1. The van der Waals surface area contributed by atoms with Crippen LogP contribution in [0.1, 0.15) is 12.8 Å². The highest BCUT2D eigenvalue weighted by atomic mass is 16.2. The lowest BCUT2D eigenvalue weighted by Crippen LogP contribution is -2.51. The van der Waals surface area contributed by atoms with Crippen LogP contribution in [-0.4, -0.2) is 51.5 Å². The van der Waals surface area contributed by atoms with Gasteiger partial charge in [0, 0.05) is 50.5 Å². The highest BCUT2D eigenvalue weighted by molar-refractivity contribution is 5.74. The third kappa shape index (κ3) is 4.12. The van der Waals surface area contributed by atoms with Crippen LogP contribution in [-0.2, 0) is 6.54 Å². The van der Waals surface area contributed by atoms with Crippen LogP contribution < -0.4 is 21.1 Å². The van der Waals surface area contributed by atoms with Crippen LogP contribution in [0.15, 0.2) is 35.6 Å². The van der Waals surface area contributed by atoms with E-state index in [4.69, 9.17) is 0 Å². The Hall–Kier alpha value is -2.84. The van der Waals surface area contributed by atoms with E-state index in [-0.39, 0.29) is 17.6 Å². The van der Waals surface area contributed by atoms with Crippen molar-refractivity contribution in [3.63, 3.8) is 0 Å². The minimum atomic E-state index is -0.207. The fourth-order valence-electron chi connectivity index (χ4n) is 2.81. The summed E-state index contributed by atoms with van der Waals surface area (Å²) in [5.74, 6) is 0.406. The first-order chi connectivity index (χ1) is 11.7. The summed E-state index contributed by atoms with van der Waals surface area (Å²) in [6.07, 6.45) is 8.41. The molecule has 0 aromatic carbocycles. The van der Waals surface area contributed by atoms with Gasteiger partial charge in [-0.25, -0.2) is 9.78 Å². The van der Waals surface area contributed by atoms with E-state index < -0.39 is 0 Å². The highest BCUT2D eigenvalue weighted by Gasteiger charge is 2.23. The number of nitrogens with zero attached hydrogens (tertiary/aromatic N) is 4. The van der Waals surface area contributed by atoms with Crippen LogP contribution >= 0.6 is 0 Å². The molecule has 3 rings (SSSR count). The van der Waals surface area contributed by atoms with Crippen LogP contribution in [0.5, 0.6) is 0 Å². The van der Waals surface area contributed by atoms with Gasteiger partial charge in [0.1, 0.15) is 0 Å². The van der Waals surface area contributed by atoms with E-state index in [1.54, 1.807) is 17.1 Å². The Labute approximate surface area is 139 Å². The number of urea groups is 1. The topological polar surface area (TPSA) is 108 Å². The molecule has 9 heteroatoms. The van der Waals surface area contributed by atoms with Crippen LogP contribution in [0.4, 0.5) is 10.6 Å². The molecule has 2 amide bonds. The highest BCUT2D eigenvalue weighted by Crippen LogP contribution is 2.14. The molecule has 0 aliphatic carbocycles. The summed E-state index contributed by atoms with van der Waals surface area (Å²) in [6.45, 7) is 2.47. The molecule has 1 aliphatic heterocycles. The molecule has 0 radical (unpaired) electrons. The number of piperidine rings is 1. The quantitative estimate of drug-likeness (QED) is 0.711. The van der Waals surface area contributed by atoms with Crippen molar-refractivity contribution in [2.45, 2.75) is 25.4 Å². The normalized spacial score (nSPS) is 17.5. The number of anilines is 1. The van der Waals surface area contributed by atoms with Crippen molar-refractivity contribution in [2.75, 3.05) is 24.5 Å². The number of aromatic amines is 1. The van der Waals surface area contributed by atoms with Gasteiger partial charge in [-0.05, 0) is 18.9 Å². The molecule has 1 fully saturated rings. The van der Waals surface area contributed by atoms with Crippen molar-refractivity contribution in [1.29, 1.82) is 0 Å². The molecule has 3 N–H and O–H groups in total. The first-order valence-electron chi connectivity index (χ1n) is 8.03. The number of nitrogens with one attached hydrogen (secondary N) is 3. The van der Waals surface area contributed by atoms with E-state index >= 15 is 0 Å². The van der Waals surface area contributed by atoms with Crippen LogP contribution in [0, 0.1) is 0 Å². The van der Waals surface area contributed by atoms with Crippen LogP contribution in [0.3, 0.4) is 0 Å². The maximum Gasteiger partial charge on any atom is 0.315 e. The van der Waals surface area contributed by atoms with Crippen molar-refractivity contribution >= 4 is 11.8 Å². The van der Waals surface area contributed by atoms with Crippen molar-refractivity contribution in [2.24, 2.45) is 0 Å². The zero-order valence-electron chi connectivity index (χ0n) is 13.3. The molecule has 0 unspecified atom stereocenters. The summed E-state index contributed by atoms with van der Waals surface area (Å²) >= 11 is 0. The summed E-state index contributed by atoms with van der Waals surface area (Å²) in [6, 6.07) is 1.63. The third-order valence-corrected chi connectivity index (χ3v) is 3.93. The molecule has 2 aromatic heterocycles. The largest absolute Gasteiger partial charge is 0.350 e. The third-order valence-electron chi connectivity index (χ3n) is 3.93. The Morgan fingerprint density at radius 3 is 3.12 bits per heavy atom. The van der Waals surface area contributed by atoms with Gasteiger partial charge in [-0.2, -0.15) is 5.10 Å². The van der Waals surface area contributed by atoms with Gasteiger partial charge >= 0.3 is 6.03 Å². The van der Waals surface area contributed by atoms with E-state index in [9.17, 15) is 9.59 Å². The fourth-order valence-corrected chi connectivity index (χ4v) is 2.81. The SMILES string of the molecule is O=C(NCCn1cccn1)N[C@H]1CCCN(c2ncc[nH]c2=O)C1. The lowest BCUT2D eigenvalue weighted by molar-refractivity contribution is 0.234. The maximum atomic E-state index is 12.0. The smallest absolute Gasteiger partial charge is 0.315 e. The molecule has 0 saturated carbocycles. The molecule has 1 atom stereocenters. The molecule has 1 saturated heterocycles. The first-order valence-corrected chi connectivity index (χ1v) is 8.03. The van der Waals surface area contributed by atoms with Crippen LogP contribution in [0.2, 0.25) is 0 Å². The van der Waals surface area contributed by atoms with E-state index in [2.05, 4.69) is 25.7 Å². The summed E-state index contributed by atoms with van der Waals surface area (Å²) in [7, 11) is 0. The zero-order valence-corrected chi connectivity index (χ0v) is 13.3. The number of hydrogen-bond acceptors (Lipinski definition) is 5. The summed E-state index contributed by atoms with van der Waals surface area (Å²) in [5.41, 5.74) is -0.207. The predicted molar refractivity (Wildman–Crippen MR) is 88.9 cm³/mol. The fraction of sp³-hybridized carbons (Fsp3) is 0.467. The van der Waals surface area contributed by atoms with E-state index in [0.29, 0.717) is 25.5 Å². The van der Waals surface area contributed by atoms with E-state index in [0.717, 1.165) is 19.4 Å². The molecule has 128 valence electrons. The lowest BCUT2D eigenvalue weighted by Gasteiger charge is -2.33. The Bertz CT molecular complexity index is 713. The minimum Gasteiger partial charge on any atom is -0.350 e. The monoisotopic (exact) mass is 331 g/mol. The second-order valence-corrected chi connectivity index (χ2v) is 5.70. The molecule has 0 bridgehead atoms. The van der Waals surface area contributed by atoms with E-state index in [1.165, 1.54) is 6.20 Å². The molecular weight excluding hydrogens is 310 g/mol. The second-order valence-electron chi connectivity index (χ2n) is 5.70. The molecule has 2 aromatic rings. The van der Waals surface area contributed by atoms with Crippen molar-refractivity contribution in [1.82, 2.24) is 30.4 Å². The van der Waals surface area contributed by atoms with Gasteiger partial charge < -0.3 is 20.5 Å². The Kier molecular flexibility index (Phi) is 5.09. The number of aromatic nitrogens is 4. The average molecular weight is 331 g/mol. The van der Waals surface area contributed by atoms with Crippen molar-refractivity contribution in [3.05, 3.63) is 41.2 Å². The second kappa shape index (κ2) is 7.62. The molecule has 3 heterocycles. The number of carbonyl (C=O) groups excluding carboxylic acids is 1. The first kappa shape index (κ1) is 16.0. The van der Waals surface area contributed by atoms with Gasteiger partial charge in [0.15, 0.2) is 5.82 Å². The maximum absolute atomic E-state index is 12.0. The molecule has 9 nitrogen and oxygen atoms in total. The average Bonchev–Trinajstić information content (AvgIpc) is 3.09. The van der Waals surface area contributed by atoms with Gasteiger partial charge in [0.2, 0.25) is 0 Å². The number of H-pyrrole nitrogens is 1. The Morgan fingerprint density at radius 1 is 1.42 bits per heavy atom. The number of hydrogen-bond donors (Lipinski definition) is 3. The van der Waals surface area contributed by atoms with Crippen LogP contribution in [0.25, 0.3) is 0 Å². The van der Waals surface area contributed by atoms with Gasteiger partial charge in [-0.15, -0.1) is 0 Å². The summed E-state index contributed by atoms with van der Waals surface area (Å²) in [5, 5.41) is 9.86. The molecular formula is C15H21N7O2. The predicted octanol–water partition coefficient (Wildman–Crippen LogP) is -0.0654. The zero-order chi connectivity index (χ0) is 16.8. The lowest BCUT2D eigenvalue weighted by atomic mass is 10.1. The molecule has 0 spiro atoms. The standard InChI is InChI=1S/C15H21N7O2/c23-14-13(16-5-6-17-14)21-8-1-3-12(11-21)20-15(24)18-7-10-22-9-2-4-19-22/h2,4-6,9,12H,1,3,7-8,10-11H2,(H,17,23)(H2,18,20,24)/t12-/m0/s1. The van der Waals surface area contributed by atoms with Crippen molar-refractivity contribution in [3.8, 4) is 0 Å². The summed E-state index contributed by atoms with van der Waals surface area (Å²) in [4.78, 5) is 32.5. The summed E-state index contributed by atoms with van der Waals surface area (Å²) < 4.78 is 1.76. The Morgan fingerprint density at radius 2 is 2.33 bits per heavy atom. The molecule has 24 heavy (non-hydrogen) atoms. The molecule has 1 aliphatic rings. The van der Waals surface area contributed by atoms with Gasteiger partial charge in [-0.3, -0.25) is 9.48 Å². The number of amides is 2. The van der Waals surface area contributed by atoms with Gasteiger partial charge in [0.25, 0.3) is 5.56 Å². The Balaban J connectivity index is 1.47. The van der Waals surface area contributed by atoms with E-state index in [1.807, 2.05) is 17.2 Å². The minimum absolute atomic E-state index is 0.00939.